The molecule has 0 unspecified atom stereocenters. The summed E-state index contributed by atoms with van der Waals surface area (Å²) in [6, 6.07) is 61.6. The van der Waals surface area contributed by atoms with Gasteiger partial charge in [-0.3, -0.25) is 0 Å². The van der Waals surface area contributed by atoms with Crippen LogP contribution in [0.2, 0.25) is 0 Å². The zero-order valence-electron chi connectivity index (χ0n) is 25.6. The highest BCUT2D eigenvalue weighted by atomic mass is 16.3. The van der Waals surface area contributed by atoms with Crippen molar-refractivity contribution in [3.63, 3.8) is 0 Å². The van der Waals surface area contributed by atoms with Gasteiger partial charge in [0.05, 0.1) is 0 Å². The number of benzene rings is 9. The third kappa shape index (κ3) is 4.03. The minimum Gasteiger partial charge on any atom is -0.456 e. The largest absolute Gasteiger partial charge is 0.456 e. The van der Waals surface area contributed by atoms with E-state index < -0.39 is 0 Å². The third-order valence-electron chi connectivity index (χ3n) is 9.80. The van der Waals surface area contributed by atoms with E-state index in [2.05, 4.69) is 170 Å². The van der Waals surface area contributed by atoms with E-state index in [9.17, 15) is 0 Å². The Morgan fingerprint density at radius 2 is 0.851 bits per heavy atom. The summed E-state index contributed by atoms with van der Waals surface area (Å²) in [6.45, 7) is 0. The molecule has 0 bridgehead atoms. The van der Waals surface area contributed by atoms with Gasteiger partial charge in [-0.05, 0) is 107 Å². The van der Waals surface area contributed by atoms with Crippen LogP contribution < -0.4 is 0 Å². The van der Waals surface area contributed by atoms with E-state index in [-0.39, 0.29) is 0 Å². The van der Waals surface area contributed by atoms with Crippen molar-refractivity contribution in [2.75, 3.05) is 0 Å². The topological polar surface area (TPSA) is 13.1 Å². The van der Waals surface area contributed by atoms with Crippen molar-refractivity contribution in [3.05, 3.63) is 170 Å². The summed E-state index contributed by atoms with van der Waals surface area (Å²) in [5.41, 5.74) is 9.18. The van der Waals surface area contributed by atoms with Crippen molar-refractivity contribution in [1.29, 1.82) is 0 Å². The molecule has 0 aliphatic carbocycles. The van der Waals surface area contributed by atoms with Gasteiger partial charge in [-0.2, -0.15) is 0 Å². The monoisotopic (exact) mass is 596 g/mol. The SMILES string of the molecule is c1cc(-c2ccc3ccccc3c2)cc(-c2c3ccccc3c(-c3cccc4oc5cc6ccccc6cc5c34)c3ccccc23)c1. The van der Waals surface area contributed by atoms with Crippen LogP contribution in [0, 0.1) is 0 Å². The lowest BCUT2D eigenvalue weighted by atomic mass is 9.84. The van der Waals surface area contributed by atoms with Crippen molar-refractivity contribution in [3.8, 4) is 33.4 Å². The molecule has 1 nitrogen and oxygen atoms in total. The second-order valence-electron chi connectivity index (χ2n) is 12.5. The molecule has 47 heavy (non-hydrogen) atoms. The number of hydrogen-bond donors (Lipinski definition) is 0. The Kier molecular flexibility index (Phi) is 5.64. The van der Waals surface area contributed by atoms with Gasteiger partial charge in [0.1, 0.15) is 11.2 Å². The fourth-order valence-electron chi connectivity index (χ4n) is 7.67. The molecule has 1 heterocycles. The second-order valence-corrected chi connectivity index (χ2v) is 12.5. The molecule has 1 heteroatoms. The molecule has 1 aromatic heterocycles. The maximum Gasteiger partial charge on any atom is 0.136 e. The molecule has 0 saturated heterocycles. The number of rotatable bonds is 3. The van der Waals surface area contributed by atoms with Gasteiger partial charge in [-0.1, -0.05) is 140 Å². The first-order valence-electron chi connectivity index (χ1n) is 16.2. The molecular weight excluding hydrogens is 569 g/mol. The molecule has 0 atom stereocenters. The van der Waals surface area contributed by atoms with Crippen LogP contribution in [0.15, 0.2) is 174 Å². The smallest absolute Gasteiger partial charge is 0.136 e. The molecule has 10 rings (SSSR count). The zero-order valence-corrected chi connectivity index (χ0v) is 25.6. The average Bonchev–Trinajstić information content (AvgIpc) is 3.50. The highest BCUT2D eigenvalue weighted by Crippen LogP contribution is 2.47. The Balaban J connectivity index is 1.26. The van der Waals surface area contributed by atoms with E-state index in [0.29, 0.717) is 0 Å². The third-order valence-corrected chi connectivity index (χ3v) is 9.80. The molecule has 0 fully saturated rings. The molecule has 0 aliphatic rings. The second kappa shape index (κ2) is 10.2. The van der Waals surface area contributed by atoms with Crippen molar-refractivity contribution in [2.45, 2.75) is 0 Å². The molecule has 218 valence electrons. The van der Waals surface area contributed by atoms with Crippen LogP contribution in [0.3, 0.4) is 0 Å². The van der Waals surface area contributed by atoms with Gasteiger partial charge in [0, 0.05) is 10.8 Å². The van der Waals surface area contributed by atoms with Gasteiger partial charge >= 0.3 is 0 Å². The normalized spacial score (nSPS) is 11.8. The van der Waals surface area contributed by atoms with Crippen molar-refractivity contribution in [1.82, 2.24) is 0 Å². The van der Waals surface area contributed by atoms with Crippen LogP contribution in [0.5, 0.6) is 0 Å². The van der Waals surface area contributed by atoms with Crippen LogP contribution in [0.4, 0.5) is 0 Å². The Hall–Kier alpha value is -6.18. The lowest BCUT2D eigenvalue weighted by molar-refractivity contribution is 0.669. The Bertz CT molecular complexity index is 2800. The Morgan fingerprint density at radius 1 is 0.298 bits per heavy atom. The number of hydrogen-bond acceptors (Lipinski definition) is 1. The van der Waals surface area contributed by atoms with Crippen LogP contribution in [-0.2, 0) is 0 Å². The van der Waals surface area contributed by atoms with E-state index in [0.717, 1.165) is 21.9 Å². The number of fused-ring (bicyclic) bond motifs is 7. The van der Waals surface area contributed by atoms with E-state index in [1.165, 1.54) is 76.5 Å². The predicted octanol–water partition coefficient (Wildman–Crippen LogP) is 13.2. The van der Waals surface area contributed by atoms with Crippen LogP contribution in [0.25, 0.3) is 98.4 Å². The van der Waals surface area contributed by atoms with Gasteiger partial charge in [0.2, 0.25) is 0 Å². The maximum absolute atomic E-state index is 6.52. The van der Waals surface area contributed by atoms with Crippen LogP contribution >= 0.6 is 0 Å². The lowest BCUT2D eigenvalue weighted by Crippen LogP contribution is -1.91. The van der Waals surface area contributed by atoms with E-state index in [4.69, 9.17) is 4.42 Å². The molecule has 0 aliphatic heterocycles. The highest BCUT2D eigenvalue weighted by Gasteiger charge is 2.20. The van der Waals surface area contributed by atoms with Crippen molar-refractivity contribution >= 4 is 65.0 Å². The molecular formula is C46H28O. The lowest BCUT2D eigenvalue weighted by Gasteiger charge is -2.18. The Labute approximate surface area is 271 Å². The minimum absolute atomic E-state index is 0.910. The van der Waals surface area contributed by atoms with E-state index in [1.807, 2.05) is 0 Å². The molecule has 10 aromatic rings. The Morgan fingerprint density at radius 3 is 1.57 bits per heavy atom. The molecule has 0 amide bonds. The van der Waals surface area contributed by atoms with Gasteiger partial charge in [0.15, 0.2) is 0 Å². The highest BCUT2D eigenvalue weighted by molar-refractivity contribution is 6.26. The summed E-state index contributed by atoms with van der Waals surface area (Å²) in [7, 11) is 0. The molecule has 0 spiro atoms. The van der Waals surface area contributed by atoms with E-state index >= 15 is 0 Å². The summed E-state index contributed by atoms with van der Waals surface area (Å²) in [4.78, 5) is 0. The number of furan rings is 1. The first-order valence-corrected chi connectivity index (χ1v) is 16.2. The molecule has 0 N–H and O–H groups in total. The quantitative estimate of drug-likeness (QED) is 0.185. The fraction of sp³-hybridized carbons (Fsp3) is 0. The van der Waals surface area contributed by atoms with Gasteiger partial charge in [-0.15, -0.1) is 0 Å². The summed E-state index contributed by atoms with van der Waals surface area (Å²) < 4.78 is 6.52. The standard InChI is InChI=1S/C46H28O/c1-2-12-30-25-34(24-23-29(30)11-1)31-15-9-16-35(26-31)44-36-17-5-7-19-38(36)45(39-20-8-6-18-37(39)44)40-21-10-22-42-46(40)41-27-32-13-3-4-14-33(32)28-43(41)47-42/h1-28H. The molecule has 9 aromatic carbocycles. The van der Waals surface area contributed by atoms with Gasteiger partial charge in [-0.25, -0.2) is 0 Å². The molecule has 0 radical (unpaired) electrons. The summed E-state index contributed by atoms with van der Waals surface area (Å²) in [6.07, 6.45) is 0. The summed E-state index contributed by atoms with van der Waals surface area (Å²) >= 11 is 0. The first-order chi connectivity index (χ1) is 23.3. The van der Waals surface area contributed by atoms with Crippen LogP contribution in [-0.4, -0.2) is 0 Å². The maximum atomic E-state index is 6.52. The first kappa shape index (κ1) is 26.1. The van der Waals surface area contributed by atoms with Crippen molar-refractivity contribution < 1.29 is 4.42 Å². The zero-order chi connectivity index (χ0) is 30.9. The van der Waals surface area contributed by atoms with Gasteiger partial charge < -0.3 is 4.42 Å². The predicted molar refractivity (Wildman–Crippen MR) is 200 cm³/mol. The average molecular weight is 597 g/mol. The summed E-state index contributed by atoms with van der Waals surface area (Å²) in [5, 5.41) is 12.2. The fourth-order valence-corrected chi connectivity index (χ4v) is 7.67. The van der Waals surface area contributed by atoms with E-state index in [1.54, 1.807) is 0 Å². The minimum atomic E-state index is 0.910. The van der Waals surface area contributed by atoms with Crippen molar-refractivity contribution in [2.24, 2.45) is 0 Å². The van der Waals surface area contributed by atoms with Crippen LogP contribution in [0.1, 0.15) is 0 Å². The summed E-state index contributed by atoms with van der Waals surface area (Å²) in [5.74, 6) is 0. The van der Waals surface area contributed by atoms with Gasteiger partial charge in [0.25, 0.3) is 0 Å². The molecule has 0 saturated carbocycles.